The number of nitrogens with one attached hydrogen (secondary N) is 1. The van der Waals surface area contributed by atoms with Gasteiger partial charge >= 0.3 is 0 Å². The van der Waals surface area contributed by atoms with Gasteiger partial charge in [0.1, 0.15) is 0 Å². The van der Waals surface area contributed by atoms with Crippen molar-refractivity contribution in [3.05, 3.63) is 59.4 Å². The summed E-state index contributed by atoms with van der Waals surface area (Å²) in [4.78, 5) is 13.3. The van der Waals surface area contributed by atoms with E-state index < -0.39 is 0 Å². The largest absolute Gasteiger partial charge is 0.338 e. The topological polar surface area (TPSA) is 91.4 Å². The average Bonchev–Trinajstić information content (AvgIpc) is 3.41. The molecule has 128 valence electrons. The molecule has 26 heavy (non-hydrogen) atoms. The number of thioether (sulfide) groups is 1. The molecular weight excluding hydrogens is 366 g/mol. The number of thiophene rings is 1. The molecule has 0 spiro atoms. The molecule has 0 fully saturated rings. The van der Waals surface area contributed by atoms with Gasteiger partial charge in [-0.2, -0.15) is 10.2 Å². The van der Waals surface area contributed by atoms with Crippen molar-refractivity contribution in [3.63, 3.8) is 0 Å². The standard InChI is InChI=1S/C18H13N5OS2/c1-11(26-18-20-10-14(21-18)15-6-3-7-25-15)17-22-16(23-24-17)13-5-2-4-12(8-13)9-19/h2-8,10-11H,1H3,(H,20,21). The molecule has 8 heteroatoms. The number of benzene rings is 1. The van der Waals surface area contributed by atoms with E-state index in [1.807, 2.05) is 30.6 Å². The van der Waals surface area contributed by atoms with Crippen molar-refractivity contribution in [3.8, 4) is 28.0 Å². The Labute approximate surface area is 157 Å². The zero-order chi connectivity index (χ0) is 17.9. The minimum atomic E-state index is -0.0577. The predicted octanol–water partition coefficient (Wildman–Crippen LogP) is 4.91. The summed E-state index contributed by atoms with van der Waals surface area (Å²) in [5, 5.41) is 15.8. The predicted molar refractivity (Wildman–Crippen MR) is 101 cm³/mol. The van der Waals surface area contributed by atoms with Crippen molar-refractivity contribution in [2.75, 3.05) is 0 Å². The van der Waals surface area contributed by atoms with Gasteiger partial charge in [-0.3, -0.25) is 0 Å². The first-order valence-corrected chi connectivity index (χ1v) is 9.58. The number of nitriles is 1. The number of aromatic amines is 1. The molecule has 0 bridgehead atoms. The summed E-state index contributed by atoms with van der Waals surface area (Å²) in [7, 11) is 0. The van der Waals surface area contributed by atoms with Crippen LogP contribution in [0.15, 0.2) is 57.7 Å². The molecule has 0 aliphatic heterocycles. The van der Waals surface area contributed by atoms with E-state index in [2.05, 4.69) is 32.2 Å². The number of rotatable bonds is 5. The quantitative estimate of drug-likeness (QED) is 0.495. The number of H-pyrrole nitrogens is 1. The molecule has 1 N–H and O–H groups in total. The Morgan fingerprint density at radius 2 is 2.23 bits per heavy atom. The second-order valence-corrected chi connectivity index (χ2v) is 7.77. The third-order valence-electron chi connectivity index (χ3n) is 3.67. The van der Waals surface area contributed by atoms with Crippen LogP contribution < -0.4 is 0 Å². The first-order chi connectivity index (χ1) is 12.7. The molecule has 3 heterocycles. The Hall–Kier alpha value is -2.89. The Morgan fingerprint density at radius 1 is 1.31 bits per heavy atom. The Kier molecular flexibility index (Phi) is 4.56. The molecular formula is C18H13N5OS2. The van der Waals surface area contributed by atoms with Crippen LogP contribution in [0.5, 0.6) is 0 Å². The van der Waals surface area contributed by atoms with E-state index in [-0.39, 0.29) is 5.25 Å². The lowest BCUT2D eigenvalue weighted by Crippen LogP contribution is -1.90. The highest BCUT2D eigenvalue weighted by Gasteiger charge is 2.18. The fourth-order valence-corrected chi connectivity index (χ4v) is 3.89. The van der Waals surface area contributed by atoms with E-state index in [0.717, 1.165) is 21.3 Å². The Morgan fingerprint density at radius 3 is 3.04 bits per heavy atom. The smallest absolute Gasteiger partial charge is 0.240 e. The Balaban J connectivity index is 1.50. The van der Waals surface area contributed by atoms with E-state index in [9.17, 15) is 0 Å². The normalized spacial score (nSPS) is 12.0. The minimum Gasteiger partial charge on any atom is -0.338 e. The Bertz CT molecular complexity index is 1060. The number of aromatic nitrogens is 4. The van der Waals surface area contributed by atoms with Crippen LogP contribution in [0.3, 0.4) is 0 Å². The molecule has 3 aromatic heterocycles. The van der Waals surface area contributed by atoms with Gasteiger partial charge in [0.25, 0.3) is 0 Å². The second kappa shape index (κ2) is 7.15. The van der Waals surface area contributed by atoms with Crippen LogP contribution in [0.1, 0.15) is 23.6 Å². The summed E-state index contributed by atoms with van der Waals surface area (Å²) in [6.07, 6.45) is 1.83. The number of imidazole rings is 1. The molecule has 4 rings (SSSR count). The number of hydrogen-bond acceptors (Lipinski definition) is 7. The fraction of sp³-hybridized carbons (Fsp3) is 0.111. The average molecular weight is 379 g/mol. The van der Waals surface area contributed by atoms with Crippen molar-refractivity contribution < 1.29 is 4.52 Å². The maximum Gasteiger partial charge on any atom is 0.240 e. The first-order valence-electron chi connectivity index (χ1n) is 7.82. The zero-order valence-electron chi connectivity index (χ0n) is 13.7. The van der Waals surface area contributed by atoms with Crippen LogP contribution in [0, 0.1) is 11.3 Å². The third kappa shape index (κ3) is 3.40. The van der Waals surface area contributed by atoms with Crippen LogP contribution in [-0.4, -0.2) is 20.1 Å². The molecule has 0 aliphatic carbocycles. The van der Waals surface area contributed by atoms with Crippen molar-refractivity contribution in [1.82, 2.24) is 20.1 Å². The lowest BCUT2D eigenvalue weighted by Gasteiger charge is -2.02. The highest BCUT2D eigenvalue weighted by molar-refractivity contribution is 7.99. The van der Waals surface area contributed by atoms with E-state index in [1.165, 1.54) is 11.8 Å². The monoisotopic (exact) mass is 379 g/mol. The van der Waals surface area contributed by atoms with Crippen LogP contribution >= 0.6 is 23.1 Å². The maximum absolute atomic E-state index is 9.01. The second-order valence-electron chi connectivity index (χ2n) is 5.49. The van der Waals surface area contributed by atoms with Crippen molar-refractivity contribution in [2.45, 2.75) is 17.3 Å². The summed E-state index contributed by atoms with van der Waals surface area (Å²) >= 11 is 3.18. The van der Waals surface area contributed by atoms with Gasteiger partial charge in [0.15, 0.2) is 5.16 Å². The van der Waals surface area contributed by atoms with Gasteiger partial charge in [-0.15, -0.1) is 11.3 Å². The molecule has 0 saturated carbocycles. The molecule has 6 nitrogen and oxygen atoms in total. The van der Waals surface area contributed by atoms with Crippen LogP contribution in [-0.2, 0) is 0 Å². The third-order valence-corrected chi connectivity index (χ3v) is 5.56. The van der Waals surface area contributed by atoms with Crippen molar-refractivity contribution in [1.29, 1.82) is 5.26 Å². The molecule has 0 amide bonds. The van der Waals surface area contributed by atoms with E-state index in [0.29, 0.717) is 17.3 Å². The summed E-state index contributed by atoms with van der Waals surface area (Å²) in [6, 6.07) is 13.3. The van der Waals surface area contributed by atoms with E-state index in [4.69, 9.17) is 9.78 Å². The van der Waals surface area contributed by atoms with Gasteiger partial charge in [-0.25, -0.2) is 4.98 Å². The fourth-order valence-electron chi connectivity index (χ4n) is 2.38. The van der Waals surface area contributed by atoms with Gasteiger partial charge in [0, 0.05) is 5.56 Å². The molecule has 4 aromatic rings. The number of nitrogens with zero attached hydrogens (tertiary/aromatic N) is 4. The van der Waals surface area contributed by atoms with Gasteiger partial charge in [-0.1, -0.05) is 35.1 Å². The summed E-state index contributed by atoms with van der Waals surface area (Å²) in [6.45, 7) is 1.99. The van der Waals surface area contributed by atoms with E-state index >= 15 is 0 Å². The lowest BCUT2D eigenvalue weighted by molar-refractivity contribution is 0.380. The SMILES string of the molecule is CC(Sc1ncc(-c2cccs2)[nH]1)c1nc(-c2cccc(C#N)c2)no1. The molecule has 0 aliphatic rings. The zero-order valence-corrected chi connectivity index (χ0v) is 15.3. The summed E-state index contributed by atoms with van der Waals surface area (Å²) in [5.41, 5.74) is 2.32. The summed E-state index contributed by atoms with van der Waals surface area (Å²) < 4.78 is 5.40. The van der Waals surface area contributed by atoms with Crippen LogP contribution in [0.4, 0.5) is 0 Å². The highest BCUT2D eigenvalue weighted by Crippen LogP contribution is 2.34. The van der Waals surface area contributed by atoms with Gasteiger partial charge in [0.2, 0.25) is 11.7 Å². The molecule has 1 unspecified atom stereocenters. The molecule has 0 saturated heterocycles. The minimum absolute atomic E-state index is 0.0577. The van der Waals surface area contributed by atoms with Crippen LogP contribution in [0.25, 0.3) is 22.0 Å². The summed E-state index contributed by atoms with van der Waals surface area (Å²) in [5.74, 6) is 0.990. The molecule has 1 atom stereocenters. The van der Waals surface area contributed by atoms with Gasteiger partial charge in [0.05, 0.1) is 33.7 Å². The first kappa shape index (κ1) is 16.6. The number of hydrogen-bond donors (Lipinski definition) is 1. The lowest BCUT2D eigenvalue weighted by atomic mass is 10.1. The molecule has 0 radical (unpaired) electrons. The molecule has 1 aromatic carbocycles. The van der Waals surface area contributed by atoms with E-state index in [1.54, 1.807) is 29.5 Å². The highest BCUT2D eigenvalue weighted by atomic mass is 32.2. The van der Waals surface area contributed by atoms with Gasteiger partial charge in [-0.05, 0) is 30.5 Å². The van der Waals surface area contributed by atoms with Crippen molar-refractivity contribution in [2.24, 2.45) is 0 Å². The van der Waals surface area contributed by atoms with Crippen molar-refractivity contribution >= 4 is 23.1 Å². The maximum atomic E-state index is 9.01. The van der Waals surface area contributed by atoms with Crippen LogP contribution in [0.2, 0.25) is 0 Å². The van der Waals surface area contributed by atoms with Gasteiger partial charge < -0.3 is 9.51 Å².